The lowest BCUT2D eigenvalue weighted by molar-refractivity contribution is -0.137. The number of methoxy groups -OCH3 is 1. The number of anilines is 4. The van der Waals surface area contributed by atoms with Crippen LogP contribution in [0.15, 0.2) is 41.1 Å². The van der Waals surface area contributed by atoms with Gasteiger partial charge >= 0.3 is 13.8 Å². The predicted octanol–water partition coefficient (Wildman–Crippen LogP) is 4.58. The van der Waals surface area contributed by atoms with Crippen LogP contribution in [0.25, 0.3) is 0 Å². The Bertz CT molecular complexity index is 1350. The van der Waals surface area contributed by atoms with Gasteiger partial charge in [-0.3, -0.25) is 9.36 Å². The van der Waals surface area contributed by atoms with Crippen LogP contribution in [0.5, 0.6) is 5.75 Å². The fraction of sp³-hybridized carbons (Fsp3) is 0.238. The molecule has 0 aliphatic carbocycles. The predicted molar refractivity (Wildman–Crippen MR) is 132 cm³/mol. The van der Waals surface area contributed by atoms with Gasteiger partial charge < -0.3 is 30.5 Å². The van der Waals surface area contributed by atoms with E-state index in [1.54, 1.807) is 6.92 Å². The molecule has 2 heterocycles. The molecule has 0 radical (unpaired) electrons. The summed E-state index contributed by atoms with van der Waals surface area (Å²) >= 11 is 3.14. The third-order valence-corrected chi connectivity index (χ3v) is 5.88. The Balaban J connectivity index is 2.00. The molecular formula is C21H21BrF3N6O5P. The van der Waals surface area contributed by atoms with Gasteiger partial charge in [0, 0.05) is 12.7 Å². The van der Waals surface area contributed by atoms with Crippen LogP contribution in [0.3, 0.4) is 0 Å². The first kappa shape index (κ1) is 28.3. The first-order chi connectivity index (χ1) is 17.3. The highest BCUT2D eigenvalue weighted by atomic mass is 79.9. The Kier molecular flexibility index (Phi) is 8.74. The summed E-state index contributed by atoms with van der Waals surface area (Å²) in [6.45, 7) is 1.96. The molecule has 1 aromatic carbocycles. The summed E-state index contributed by atoms with van der Waals surface area (Å²) in [6, 6.07) is 7.03. The Morgan fingerprint density at radius 1 is 1.14 bits per heavy atom. The molecule has 0 spiro atoms. The number of benzene rings is 1. The van der Waals surface area contributed by atoms with Gasteiger partial charge in [0.2, 0.25) is 5.95 Å². The molecule has 0 bridgehead atoms. The maximum atomic E-state index is 13.7. The number of amides is 1. The number of nitrogens with zero attached hydrogens (tertiary/aromatic N) is 3. The molecule has 0 fully saturated rings. The number of rotatable bonds is 9. The molecule has 3 aromatic rings. The van der Waals surface area contributed by atoms with Crippen LogP contribution in [-0.4, -0.2) is 44.3 Å². The van der Waals surface area contributed by atoms with Gasteiger partial charge in [-0.05, 0) is 52.7 Å². The Morgan fingerprint density at radius 2 is 1.84 bits per heavy atom. The maximum absolute atomic E-state index is 13.7. The molecule has 3 rings (SSSR count). The molecule has 0 saturated heterocycles. The molecule has 0 saturated carbocycles. The number of carbonyl (C=O) groups excluding carboxylic acids is 1. The van der Waals surface area contributed by atoms with E-state index in [4.69, 9.17) is 4.74 Å². The number of hydrogen-bond donors (Lipinski definition) is 5. The summed E-state index contributed by atoms with van der Waals surface area (Å²) in [4.78, 5) is 42.5. The largest absolute Gasteiger partial charge is 0.495 e. The normalized spacial score (nSPS) is 11.7. The minimum atomic E-state index is -4.82. The lowest BCUT2D eigenvalue weighted by Crippen LogP contribution is -2.25. The lowest BCUT2D eigenvalue weighted by atomic mass is 10.2. The van der Waals surface area contributed by atoms with E-state index < -0.39 is 37.2 Å². The van der Waals surface area contributed by atoms with Crippen molar-refractivity contribution >= 4 is 52.6 Å². The van der Waals surface area contributed by atoms with Crippen molar-refractivity contribution in [3.63, 3.8) is 0 Å². The molecule has 0 aliphatic heterocycles. The zero-order valence-corrected chi connectivity index (χ0v) is 21.8. The number of nitrogens with one attached hydrogen (secondary N) is 3. The van der Waals surface area contributed by atoms with Crippen LogP contribution in [0.2, 0.25) is 0 Å². The zero-order valence-electron chi connectivity index (χ0n) is 19.3. The molecule has 5 N–H and O–H groups in total. The van der Waals surface area contributed by atoms with Crippen LogP contribution >= 0.6 is 23.5 Å². The standard InChI is InChI=1S/C21H21BrF3N6O5P/c1-3-26-19(32)17-14(6-7-16(22)30-17)28-18-12(21(23,24)25)9-27-20(31-18)29-13-5-4-11(8-15(13)36-2)10-37(33,34)35/h4-9H,3,10H2,1-2H3,(H,26,32)(H2,33,34,35)(H2,27,28,29,31). The fourth-order valence-electron chi connectivity index (χ4n) is 3.12. The molecule has 16 heteroatoms. The first-order valence-corrected chi connectivity index (χ1v) is 13.0. The summed E-state index contributed by atoms with van der Waals surface area (Å²) < 4.78 is 58.0. The van der Waals surface area contributed by atoms with Crippen molar-refractivity contribution in [1.82, 2.24) is 20.3 Å². The second-order valence-corrected chi connectivity index (χ2v) is 9.91. The van der Waals surface area contributed by atoms with E-state index >= 15 is 0 Å². The topological polar surface area (TPSA) is 159 Å². The number of hydrogen-bond acceptors (Lipinski definition) is 8. The van der Waals surface area contributed by atoms with Gasteiger partial charge in [0.15, 0.2) is 5.69 Å². The molecular weight excluding hydrogens is 584 g/mol. The average Bonchev–Trinajstić information content (AvgIpc) is 2.79. The van der Waals surface area contributed by atoms with E-state index in [1.165, 1.54) is 37.4 Å². The van der Waals surface area contributed by atoms with E-state index in [2.05, 4.69) is 46.8 Å². The molecule has 11 nitrogen and oxygen atoms in total. The molecule has 0 unspecified atom stereocenters. The van der Waals surface area contributed by atoms with Crippen molar-refractivity contribution in [2.45, 2.75) is 19.3 Å². The number of aromatic nitrogens is 3. The SMILES string of the molecule is CCNC(=O)c1nc(Br)ccc1Nc1nc(Nc2ccc(CP(=O)(O)O)cc2OC)ncc1C(F)(F)F. The average molecular weight is 605 g/mol. The van der Waals surface area contributed by atoms with Crippen molar-refractivity contribution in [1.29, 1.82) is 0 Å². The zero-order chi connectivity index (χ0) is 27.4. The quantitative estimate of drug-likeness (QED) is 0.173. The van der Waals surface area contributed by atoms with Gasteiger partial charge in [0.1, 0.15) is 21.7 Å². The smallest absolute Gasteiger partial charge is 0.421 e. The Hall–Kier alpha value is -3.26. The van der Waals surface area contributed by atoms with Crippen LogP contribution in [-0.2, 0) is 16.9 Å². The van der Waals surface area contributed by atoms with Crippen molar-refractivity contribution in [3.05, 3.63) is 58.0 Å². The fourth-order valence-corrected chi connectivity index (χ4v) is 4.10. The van der Waals surface area contributed by atoms with Crippen molar-refractivity contribution in [2.24, 2.45) is 0 Å². The van der Waals surface area contributed by atoms with Crippen molar-refractivity contribution < 1.29 is 37.1 Å². The summed E-state index contributed by atoms with van der Waals surface area (Å²) in [6.07, 6.45) is -4.77. The molecule has 2 aromatic heterocycles. The third-order valence-electron chi connectivity index (χ3n) is 4.66. The van der Waals surface area contributed by atoms with Gasteiger partial charge in [-0.15, -0.1) is 0 Å². The number of alkyl halides is 3. The van der Waals surface area contributed by atoms with E-state index in [0.717, 1.165) is 0 Å². The van der Waals surface area contributed by atoms with E-state index in [0.29, 0.717) is 10.8 Å². The maximum Gasteiger partial charge on any atom is 0.421 e. The summed E-state index contributed by atoms with van der Waals surface area (Å²) in [5, 5.41) is 7.81. The van der Waals surface area contributed by atoms with Gasteiger partial charge in [-0.25, -0.2) is 9.97 Å². The second kappa shape index (κ2) is 11.4. The van der Waals surface area contributed by atoms with Crippen molar-refractivity contribution in [2.75, 3.05) is 24.3 Å². The summed E-state index contributed by atoms with van der Waals surface area (Å²) in [5.74, 6) is -1.34. The minimum absolute atomic E-state index is 0.0244. The van der Waals surface area contributed by atoms with Crippen LogP contribution < -0.4 is 20.7 Å². The highest BCUT2D eigenvalue weighted by Crippen LogP contribution is 2.41. The van der Waals surface area contributed by atoms with Crippen LogP contribution in [0, 0.1) is 0 Å². The van der Waals surface area contributed by atoms with Crippen LogP contribution in [0.1, 0.15) is 28.5 Å². The van der Waals surface area contributed by atoms with E-state index in [1.807, 2.05) is 0 Å². The second-order valence-electron chi connectivity index (χ2n) is 7.45. The number of pyridine rings is 1. The minimum Gasteiger partial charge on any atom is -0.495 e. The molecule has 1 amide bonds. The first-order valence-electron chi connectivity index (χ1n) is 10.4. The van der Waals surface area contributed by atoms with Gasteiger partial charge in [-0.1, -0.05) is 6.07 Å². The molecule has 198 valence electrons. The van der Waals surface area contributed by atoms with Gasteiger partial charge in [-0.2, -0.15) is 18.2 Å². The molecule has 0 aliphatic rings. The number of ether oxygens (including phenoxy) is 1. The Labute approximate surface area is 217 Å². The van der Waals surface area contributed by atoms with E-state index in [-0.39, 0.29) is 40.9 Å². The van der Waals surface area contributed by atoms with Crippen LogP contribution in [0.4, 0.5) is 36.3 Å². The summed E-state index contributed by atoms with van der Waals surface area (Å²) in [5.41, 5.74) is -0.849. The van der Waals surface area contributed by atoms with Crippen molar-refractivity contribution in [3.8, 4) is 5.75 Å². The lowest BCUT2D eigenvalue weighted by Gasteiger charge is -2.17. The highest BCUT2D eigenvalue weighted by Gasteiger charge is 2.36. The summed E-state index contributed by atoms with van der Waals surface area (Å²) in [7, 11) is -3.02. The highest BCUT2D eigenvalue weighted by molar-refractivity contribution is 9.10. The third kappa shape index (κ3) is 7.61. The van der Waals surface area contributed by atoms with E-state index in [9.17, 15) is 32.3 Å². The Morgan fingerprint density at radius 3 is 2.46 bits per heavy atom. The molecule has 0 atom stereocenters. The monoisotopic (exact) mass is 604 g/mol. The van der Waals surface area contributed by atoms with Gasteiger partial charge in [0.25, 0.3) is 5.91 Å². The van der Waals surface area contributed by atoms with Gasteiger partial charge in [0.05, 0.1) is 24.6 Å². The number of halogens is 4. The number of carbonyl (C=O) groups is 1. The molecule has 37 heavy (non-hydrogen) atoms.